The Labute approximate surface area is 89.5 Å². The molecule has 6 heteroatoms. The standard InChI is InChI=1S/C9H15N3O2S/c1-7(10)6-15(13,14)12-9-4-2-3-8(11)5-9/h2-5,7,12H,6,10-11H2,1H3. The molecule has 0 aliphatic carbocycles. The van der Waals surface area contributed by atoms with Crippen molar-refractivity contribution in [3.63, 3.8) is 0 Å². The molecule has 1 atom stereocenters. The van der Waals surface area contributed by atoms with Crippen molar-refractivity contribution in [1.29, 1.82) is 0 Å². The first-order chi connectivity index (χ1) is 6.89. The molecule has 0 saturated carbocycles. The third-order valence-electron chi connectivity index (χ3n) is 1.64. The second-order valence-corrected chi connectivity index (χ2v) is 5.25. The highest BCUT2D eigenvalue weighted by atomic mass is 32.2. The molecule has 15 heavy (non-hydrogen) atoms. The van der Waals surface area contributed by atoms with Crippen LogP contribution in [0.1, 0.15) is 6.92 Å². The Morgan fingerprint density at radius 1 is 1.47 bits per heavy atom. The number of rotatable bonds is 4. The van der Waals surface area contributed by atoms with Crippen LogP contribution in [0, 0.1) is 0 Å². The van der Waals surface area contributed by atoms with Crippen molar-refractivity contribution < 1.29 is 8.42 Å². The highest BCUT2D eigenvalue weighted by Gasteiger charge is 2.12. The van der Waals surface area contributed by atoms with Crippen molar-refractivity contribution in [2.75, 3.05) is 16.2 Å². The van der Waals surface area contributed by atoms with Gasteiger partial charge in [0, 0.05) is 11.7 Å². The van der Waals surface area contributed by atoms with Crippen molar-refractivity contribution in [1.82, 2.24) is 0 Å². The van der Waals surface area contributed by atoms with Crippen LogP contribution in [0.4, 0.5) is 11.4 Å². The molecule has 0 amide bonds. The molecule has 0 heterocycles. The molecule has 1 aromatic carbocycles. The zero-order valence-electron chi connectivity index (χ0n) is 8.47. The van der Waals surface area contributed by atoms with Crippen molar-refractivity contribution in [3.05, 3.63) is 24.3 Å². The Hall–Kier alpha value is -1.27. The maximum absolute atomic E-state index is 11.5. The minimum atomic E-state index is -3.38. The van der Waals surface area contributed by atoms with Crippen LogP contribution in [-0.4, -0.2) is 20.2 Å². The highest BCUT2D eigenvalue weighted by molar-refractivity contribution is 7.92. The first-order valence-electron chi connectivity index (χ1n) is 4.51. The molecule has 0 aromatic heterocycles. The van der Waals surface area contributed by atoms with Gasteiger partial charge >= 0.3 is 0 Å². The summed E-state index contributed by atoms with van der Waals surface area (Å²) in [5.41, 5.74) is 11.9. The van der Waals surface area contributed by atoms with E-state index in [1.54, 1.807) is 31.2 Å². The lowest BCUT2D eigenvalue weighted by Crippen LogP contribution is -2.30. The molecular formula is C9H15N3O2S. The first kappa shape index (κ1) is 11.8. The lowest BCUT2D eigenvalue weighted by Gasteiger charge is -2.10. The number of nitrogens with one attached hydrogen (secondary N) is 1. The van der Waals surface area contributed by atoms with Gasteiger partial charge in [-0.05, 0) is 25.1 Å². The average molecular weight is 229 g/mol. The van der Waals surface area contributed by atoms with Crippen LogP contribution in [0.15, 0.2) is 24.3 Å². The van der Waals surface area contributed by atoms with E-state index in [1.807, 2.05) is 0 Å². The van der Waals surface area contributed by atoms with Gasteiger partial charge in [0.1, 0.15) is 0 Å². The van der Waals surface area contributed by atoms with Crippen LogP contribution < -0.4 is 16.2 Å². The van der Waals surface area contributed by atoms with E-state index in [9.17, 15) is 8.42 Å². The quantitative estimate of drug-likeness (QED) is 0.649. The Bertz CT molecular complexity index is 429. The lowest BCUT2D eigenvalue weighted by molar-refractivity contribution is 0.595. The molecule has 5 N–H and O–H groups in total. The fourth-order valence-corrected chi connectivity index (χ4v) is 2.43. The summed E-state index contributed by atoms with van der Waals surface area (Å²) >= 11 is 0. The predicted molar refractivity (Wildman–Crippen MR) is 61.9 cm³/mol. The minimum Gasteiger partial charge on any atom is -0.399 e. The first-order valence-corrected chi connectivity index (χ1v) is 6.16. The van der Waals surface area contributed by atoms with E-state index in [1.165, 1.54) is 0 Å². The van der Waals surface area contributed by atoms with Crippen molar-refractivity contribution in [3.8, 4) is 0 Å². The maximum atomic E-state index is 11.5. The Morgan fingerprint density at radius 2 is 2.13 bits per heavy atom. The average Bonchev–Trinajstić information content (AvgIpc) is 1.99. The van der Waals surface area contributed by atoms with E-state index in [2.05, 4.69) is 4.72 Å². The molecule has 1 aromatic rings. The third-order valence-corrected chi connectivity index (χ3v) is 3.15. The Balaban J connectivity index is 2.78. The molecule has 0 aliphatic heterocycles. The van der Waals surface area contributed by atoms with Gasteiger partial charge in [0.05, 0.1) is 11.4 Å². The number of sulfonamides is 1. The molecule has 1 rings (SSSR count). The topological polar surface area (TPSA) is 98.2 Å². The second-order valence-electron chi connectivity index (χ2n) is 3.49. The summed E-state index contributed by atoms with van der Waals surface area (Å²) in [6.07, 6.45) is 0. The van der Waals surface area contributed by atoms with Gasteiger partial charge in [-0.25, -0.2) is 8.42 Å². The maximum Gasteiger partial charge on any atom is 0.234 e. The SMILES string of the molecule is CC(N)CS(=O)(=O)Nc1cccc(N)c1. The number of benzene rings is 1. The van der Waals surface area contributed by atoms with Crippen molar-refractivity contribution in [2.24, 2.45) is 5.73 Å². The van der Waals surface area contributed by atoms with E-state index < -0.39 is 16.1 Å². The summed E-state index contributed by atoms with van der Waals surface area (Å²) in [6.45, 7) is 1.64. The van der Waals surface area contributed by atoms with Crippen molar-refractivity contribution in [2.45, 2.75) is 13.0 Å². The van der Waals surface area contributed by atoms with Gasteiger partial charge in [0.25, 0.3) is 0 Å². The van der Waals surface area contributed by atoms with Crippen molar-refractivity contribution >= 4 is 21.4 Å². The summed E-state index contributed by atoms with van der Waals surface area (Å²) in [6, 6.07) is 6.15. The molecule has 0 radical (unpaired) electrons. The zero-order chi connectivity index (χ0) is 11.5. The van der Waals surface area contributed by atoms with E-state index in [-0.39, 0.29) is 5.75 Å². The molecule has 0 saturated heterocycles. The second kappa shape index (κ2) is 4.50. The van der Waals surface area contributed by atoms with Crippen LogP contribution >= 0.6 is 0 Å². The van der Waals surface area contributed by atoms with Gasteiger partial charge in [0.2, 0.25) is 10.0 Å². The number of nitrogens with two attached hydrogens (primary N) is 2. The molecule has 0 spiro atoms. The monoisotopic (exact) mass is 229 g/mol. The summed E-state index contributed by atoms with van der Waals surface area (Å²) in [5.74, 6) is -0.109. The van der Waals surface area contributed by atoms with Crippen LogP contribution in [0.3, 0.4) is 0 Å². The summed E-state index contributed by atoms with van der Waals surface area (Å²) in [4.78, 5) is 0. The molecule has 0 fully saturated rings. The van der Waals surface area contributed by atoms with Crippen LogP contribution in [0.2, 0.25) is 0 Å². The van der Waals surface area contributed by atoms with Gasteiger partial charge in [-0.3, -0.25) is 4.72 Å². The number of hydrogen-bond acceptors (Lipinski definition) is 4. The molecule has 1 unspecified atom stereocenters. The van der Waals surface area contributed by atoms with E-state index in [4.69, 9.17) is 11.5 Å². The van der Waals surface area contributed by atoms with Gasteiger partial charge < -0.3 is 11.5 Å². The largest absolute Gasteiger partial charge is 0.399 e. The summed E-state index contributed by atoms with van der Waals surface area (Å²) in [5, 5.41) is 0. The Morgan fingerprint density at radius 3 is 2.67 bits per heavy atom. The van der Waals surface area contributed by atoms with Crippen LogP contribution in [0.25, 0.3) is 0 Å². The third kappa shape index (κ3) is 4.18. The van der Waals surface area contributed by atoms with E-state index in [0.717, 1.165) is 0 Å². The fraction of sp³-hybridized carbons (Fsp3) is 0.333. The smallest absolute Gasteiger partial charge is 0.234 e. The highest BCUT2D eigenvalue weighted by Crippen LogP contribution is 2.13. The molecule has 0 bridgehead atoms. The zero-order valence-corrected chi connectivity index (χ0v) is 9.29. The number of nitrogen functional groups attached to an aromatic ring is 1. The molecule has 84 valence electrons. The van der Waals surface area contributed by atoms with Gasteiger partial charge in [-0.1, -0.05) is 6.07 Å². The normalized spacial score (nSPS) is 13.5. The van der Waals surface area contributed by atoms with Crippen LogP contribution in [-0.2, 0) is 10.0 Å². The predicted octanol–water partition coefficient (Wildman–Crippen LogP) is 0.358. The molecule has 0 aliphatic rings. The fourth-order valence-electron chi connectivity index (χ4n) is 1.17. The Kier molecular flexibility index (Phi) is 3.54. The van der Waals surface area contributed by atoms with Crippen LogP contribution in [0.5, 0.6) is 0 Å². The van der Waals surface area contributed by atoms with E-state index >= 15 is 0 Å². The molecule has 5 nitrogen and oxygen atoms in total. The van der Waals surface area contributed by atoms with Gasteiger partial charge in [-0.2, -0.15) is 0 Å². The summed E-state index contributed by atoms with van der Waals surface area (Å²) < 4.78 is 25.4. The van der Waals surface area contributed by atoms with Gasteiger partial charge in [-0.15, -0.1) is 0 Å². The summed E-state index contributed by atoms with van der Waals surface area (Å²) in [7, 11) is -3.38. The number of anilines is 2. The van der Waals surface area contributed by atoms with E-state index in [0.29, 0.717) is 11.4 Å². The minimum absolute atomic E-state index is 0.109. The number of hydrogen-bond donors (Lipinski definition) is 3. The molecular weight excluding hydrogens is 214 g/mol. The lowest BCUT2D eigenvalue weighted by atomic mass is 10.3. The van der Waals surface area contributed by atoms with Gasteiger partial charge in [0.15, 0.2) is 0 Å².